The minimum absolute atomic E-state index is 0.711. The highest BCUT2D eigenvalue weighted by molar-refractivity contribution is 5.71. The summed E-state index contributed by atoms with van der Waals surface area (Å²) in [4.78, 5) is 0. The van der Waals surface area contributed by atoms with E-state index < -0.39 is 0 Å². The van der Waals surface area contributed by atoms with Crippen molar-refractivity contribution < 1.29 is 4.74 Å². The molecule has 0 fully saturated rings. The summed E-state index contributed by atoms with van der Waals surface area (Å²) in [6.07, 6.45) is 2.51. The summed E-state index contributed by atoms with van der Waals surface area (Å²) in [5.74, 6) is 1.62. The highest BCUT2D eigenvalue weighted by atomic mass is 16.5. The fraction of sp³-hybridized carbons (Fsp3) is 0.538. The molecule has 1 unspecified atom stereocenters. The summed E-state index contributed by atoms with van der Waals surface area (Å²) < 4.78 is 5.23. The average molecular weight is 220 g/mol. The first kappa shape index (κ1) is 11.1. The van der Waals surface area contributed by atoms with Gasteiger partial charge in [-0.25, -0.2) is 0 Å². The molecule has 3 heteroatoms. The van der Waals surface area contributed by atoms with Crippen LogP contribution in [0.3, 0.4) is 0 Å². The average Bonchev–Trinajstić information content (AvgIpc) is 2.52. The number of anilines is 2. The van der Waals surface area contributed by atoms with Crippen LogP contribution in [0.1, 0.15) is 19.8 Å². The standard InChI is InChI=1S/C13H20N2O/c1-3-4-10-8-14-12-6-5-11(16-2)7-13(12)15-9-10/h5-7,10,14-15H,3-4,8-9H2,1-2H3. The monoisotopic (exact) mass is 220 g/mol. The lowest BCUT2D eigenvalue weighted by molar-refractivity contribution is 0.415. The van der Waals surface area contributed by atoms with Gasteiger partial charge in [-0.15, -0.1) is 0 Å². The van der Waals surface area contributed by atoms with Gasteiger partial charge < -0.3 is 15.4 Å². The van der Waals surface area contributed by atoms with Gasteiger partial charge in [0.05, 0.1) is 18.5 Å². The number of rotatable bonds is 3. The highest BCUT2D eigenvalue weighted by Gasteiger charge is 2.14. The number of methoxy groups -OCH3 is 1. The van der Waals surface area contributed by atoms with Crippen molar-refractivity contribution in [3.63, 3.8) is 0 Å². The van der Waals surface area contributed by atoms with E-state index in [4.69, 9.17) is 4.74 Å². The van der Waals surface area contributed by atoms with Crippen LogP contribution < -0.4 is 15.4 Å². The van der Waals surface area contributed by atoms with Crippen molar-refractivity contribution in [1.82, 2.24) is 0 Å². The maximum absolute atomic E-state index is 5.23. The van der Waals surface area contributed by atoms with Crippen LogP contribution in [0.5, 0.6) is 5.75 Å². The van der Waals surface area contributed by atoms with Gasteiger partial charge in [0, 0.05) is 19.2 Å². The molecule has 2 N–H and O–H groups in total. The normalized spacial score (nSPS) is 19.0. The zero-order valence-electron chi connectivity index (χ0n) is 10.0. The van der Waals surface area contributed by atoms with Crippen molar-refractivity contribution in [2.24, 2.45) is 5.92 Å². The van der Waals surface area contributed by atoms with Crippen LogP contribution in [-0.4, -0.2) is 20.2 Å². The molecular weight excluding hydrogens is 200 g/mol. The predicted molar refractivity (Wildman–Crippen MR) is 68.4 cm³/mol. The molecular formula is C13H20N2O. The van der Waals surface area contributed by atoms with Crippen molar-refractivity contribution in [2.45, 2.75) is 19.8 Å². The van der Waals surface area contributed by atoms with Gasteiger partial charge in [0.15, 0.2) is 0 Å². The fourth-order valence-corrected chi connectivity index (χ4v) is 2.14. The molecule has 0 aromatic heterocycles. The SMILES string of the molecule is CCCC1CNc2ccc(OC)cc2NC1. The quantitative estimate of drug-likeness (QED) is 0.821. The van der Waals surface area contributed by atoms with Crippen molar-refractivity contribution >= 4 is 11.4 Å². The Kier molecular flexibility index (Phi) is 3.54. The van der Waals surface area contributed by atoms with E-state index in [0.29, 0.717) is 5.92 Å². The van der Waals surface area contributed by atoms with Gasteiger partial charge in [0.1, 0.15) is 5.75 Å². The third-order valence-corrected chi connectivity index (χ3v) is 3.09. The minimum atomic E-state index is 0.711. The second-order valence-electron chi connectivity index (χ2n) is 4.33. The number of nitrogens with one attached hydrogen (secondary N) is 2. The van der Waals surface area contributed by atoms with Gasteiger partial charge in [0.2, 0.25) is 0 Å². The largest absolute Gasteiger partial charge is 0.497 e. The van der Waals surface area contributed by atoms with Crippen LogP contribution in [-0.2, 0) is 0 Å². The molecule has 0 saturated heterocycles. The smallest absolute Gasteiger partial charge is 0.121 e. The summed E-state index contributed by atoms with van der Waals surface area (Å²) >= 11 is 0. The second-order valence-corrected chi connectivity index (χ2v) is 4.33. The van der Waals surface area contributed by atoms with Crippen molar-refractivity contribution in [3.8, 4) is 5.75 Å². The van der Waals surface area contributed by atoms with Crippen LogP contribution in [0.25, 0.3) is 0 Å². The highest BCUT2D eigenvalue weighted by Crippen LogP contribution is 2.29. The molecule has 16 heavy (non-hydrogen) atoms. The summed E-state index contributed by atoms with van der Waals surface area (Å²) in [5, 5.41) is 6.99. The molecule has 1 aliphatic rings. The Morgan fingerprint density at radius 3 is 2.69 bits per heavy atom. The van der Waals surface area contributed by atoms with Crippen LogP contribution in [0.4, 0.5) is 11.4 Å². The zero-order valence-corrected chi connectivity index (χ0v) is 10.0. The third kappa shape index (κ3) is 2.40. The summed E-state index contributed by atoms with van der Waals surface area (Å²) in [5.41, 5.74) is 2.33. The van der Waals surface area contributed by atoms with Gasteiger partial charge in [0.25, 0.3) is 0 Å². The molecule has 0 bridgehead atoms. The first-order valence-corrected chi connectivity index (χ1v) is 5.99. The Morgan fingerprint density at radius 2 is 2.00 bits per heavy atom. The van der Waals surface area contributed by atoms with E-state index in [0.717, 1.165) is 24.5 Å². The lowest BCUT2D eigenvalue weighted by Crippen LogP contribution is -2.18. The van der Waals surface area contributed by atoms with Crippen molar-refractivity contribution in [3.05, 3.63) is 18.2 Å². The second kappa shape index (κ2) is 5.10. The lowest BCUT2D eigenvalue weighted by Gasteiger charge is -2.12. The summed E-state index contributed by atoms with van der Waals surface area (Å²) in [6.45, 7) is 4.34. The summed E-state index contributed by atoms with van der Waals surface area (Å²) in [7, 11) is 1.70. The Hall–Kier alpha value is -1.38. The van der Waals surface area contributed by atoms with Crippen LogP contribution in [0, 0.1) is 5.92 Å². The Morgan fingerprint density at radius 1 is 1.25 bits per heavy atom. The van der Waals surface area contributed by atoms with E-state index >= 15 is 0 Å². The fourth-order valence-electron chi connectivity index (χ4n) is 2.14. The predicted octanol–water partition coefficient (Wildman–Crippen LogP) is 2.95. The number of hydrogen-bond acceptors (Lipinski definition) is 3. The van der Waals surface area contributed by atoms with Crippen LogP contribution >= 0.6 is 0 Å². The molecule has 0 aliphatic carbocycles. The van der Waals surface area contributed by atoms with Gasteiger partial charge >= 0.3 is 0 Å². The maximum atomic E-state index is 5.23. The molecule has 0 amide bonds. The Bertz CT molecular complexity index is 352. The Balaban J connectivity index is 2.11. The van der Waals surface area contributed by atoms with Gasteiger partial charge in [-0.05, 0) is 24.5 Å². The molecule has 1 aromatic carbocycles. The maximum Gasteiger partial charge on any atom is 0.121 e. The molecule has 1 aliphatic heterocycles. The number of ether oxygens (including phenoxy) is 1. The number of fused-ring (bicyclic) bond motifs is 1. The first-order valence-electron chi connectivity index (χ1n) is 5.99. The van der Waals surface area contributed by atoms with E-state index in [2.05, 4.69) is 29.7 Å². The topological polar surface area (TPSA) is 33.3 Å². The number of benzene rings is 1. The molecule has 3 nitrogen and oxygen atoms in total. The molecule has 2 rings (SSSR count). The van der Waals surface area contributed by atoms with E-state index in [1.807, 2.05) is 6.07 Å². The van der Waals surface area contributed by atoms with Gasteiger partial charge in [-0.3, -0.25) is 0 Å². The van der Waals surface area contributed by atoms with E-state index in [1.54, 1.807) is 7.11 Å². The van der Waals surface area contributed by atoms with Crippen LogP contribution in [0.15, 0.2) is 18.2 Å². The zero-order chi connectivity index (χ0) is 11.4. The van der Waals surface area contributed by atoms with Gasteiger partial charge in [-0.2, -0.15) is 0 Å². The van der Waals surface area contributed by atoms with Gasteiger partial charge in [-0.1, -0.05) is 13.3 Å². The van der Waals surface area contributed by atoms with E-state index in [-0.39, 0.29) is 0 Å². The molecule has 0 spiro atoms. The molecule has 1 atom stereocenters. The molecule has 0 radical (unpaired) electrons. The molecule has 1 aromatic rings. The molecule has 88 valence electrons. The first-order chi connectivity index (χ1) is 7.83. The van der Waals surface area contributed by atoms with Crippen molar-refractivity contribution in [1.29, 1.82) is 0 Å². The van der Waals surface area contributed by atoms with E-state index in [9.17, 15) is 0 Å². The Labute approximate surface area is 97.2 Å². The lowest BCUT2D eigenvalue weighted by atomic mass is 10.0. The third-order valence-electron chi connectivity index (χ3n) is 3.09. The minimum Gasteiger partial charge on any atom is -0.497 e. The molecule has 1 heterocycles. The van der Waals surface area contributed by atoms with Crippen molar-refractivity contribution in [2.75, 3.05) is 30.8 Å². The summed E-state index contributed by atoms with van der Waals surface area (Å²) in [6, 6.07) is 6.12. The molecule has 0 saturated carbocycles. The van der Waals surface area contributed by atoms with E-state index in [1.165, 1.54) is 18.5 Å². The van der Waals surface area contributed by atoms with Crippen LogP contribution in [0.2, 0.25) is 0 Å². The number of hydrogen-bond donors (Lipinski definition) is 2.